The van der Waals surface area contributed by atoms with E-state index in [1.807, 2.05) is 24.1 Å². The number of thiazole rings is 1. The van der Waals surface area contributed by atoms with Crippen molar-refractivity contribution in [3.8, 4) is 11.1 Å². The molecule has 1 aromatic carbocycles. The summed E-state index contributed by atoms with van der Waals surface area (Å²) in [5.41, 5.74) is 3.39. The van der Waals surface area contributed by atoms with E-state index >= 15 is 0 Å². The van der Waals surface area contributed by atoms with Gasteiger partial charge in [0.15, 0.2) is 5.13 Å². The normalized spacial score (nSPS) is 21.6. The third-order valence-corrected chi connectivity index (χ3v) is 6.73. The Morgan fingerprint density at radius 3 is 2.92 bits per heavy atom. The molecular formula is C19H23N5OS. The van der Waals surface area contributed by atoms with Crippen molar-refractivity contribution in [3.63, 3.8) is 0 Å². The van der Waals surface area contributed by atoms with Crippen molar-refractivity contribution in [2.24, 2.45) is 7.05 Å². The zero-order valence-corrected chi connectivity index (χ0v) is 15.7. The van der Waals surface area contributed by atoms with Crippen molar-refractivity contribution in [3.05, 3.63) is 30.6 Å². The highest BCUT2D eigenvalue weighted by molar-refractivity contribution is 7.22. The molecule has 2 aliphatic rings. The van der Waals surface area contributed by atoms with Gasteiger partial charge in [0.2, 0.25) is 0 Å². The van der Waals surface area contributed by atoms with Crippen LogP contribution in [0.1, 0.15) is 12.8 Å². The van der Waals surface area contributed by atoms with E-state index in [4.69, 9.17) is 4.98 Å². The second kappa shape index (κ2) is 6.33. The van der Waals surface area contributed by atoms with E-state index in [1.165, 1.54) is 16.7 Å². The molecular weight excluding hydrogens is 346 g/mol. The maximum absolute atomic E-state index is 9.53. The minimum atomic E-state index is 0.286. The maximum atomic E-state index is 9.53. The summed E-state index contributed by atoms with van der Waals surface area (Å²) in [6, 6.07) is 7.37. The highest BCUT2D eigenvalue weighted by Crippen LogP contribution is 2.35. The number of aryl methyl sites for hydroxylation is 1. The first-order chi connectivity index (χ1) is 12.7. The van der Waals surface area contributed by atoms with Gasteiger partial charge >= 0.3 is 0 Å². The molecule has 2 saturated heterocycles. The molecule has 0 spiro atoms. The standard InChI is InChI=1S/C19H23N5OS/c1-22-9-14(8-20-22)13-4-5-17-18(7-13)26-19(21-17)23-10-16(11-23)24-6-2-3-15(24)12-25/h4-5,7-9,15-16,25H,2-3,6,10-12H2,1H3/t15-/m0/s1. The molecule has 0 amide bonds. The Hall–Kier alpha value is -1.96. The Morgan fingerprint density at radius 1 is 1.27 bits per heavy atom. The fourth-order valence-electron chi connectivity index (χ4n) is 4.15. The zero-order chi connectivity index (χ0) is 17.7. The summed E-state index contributed by atoms with van der Waals surface area (Å²) >= 11 is 1.77. The number of aromatic nitrogens is 3. The van der Waals surface area contributed by atoms with Crippen LogP contribution in [0.15, 0.2) is 30.6 Å². The van der Waals surface area contributed by atoms with Gasteiger partial charge in [-0.3, -0.25) is 9.58 Å². The van der Waals surface area contributed by atoms with E-state index in [9.17, 15) is 5.11 Å². The number of benzene rings is 1. The van der Waals surface area contributed by atoms with E-state index in [2.05, 4.69) is 33.1 Å². The molecule has 2 fully saturated rings. The van der Waals surface area contributed by atoms with Gasteiger partial charge in [0.25, 0.3) is 0 Å². The molecule has 5 rings (SSSR count). The van der Waals surface area contributed by atoms with Crippen molar-refractivity contribution in [1.29, 1.82) is 0 Å². The van der Waals surface area contributed by atoms with E-state index in [0.29, 0.717) is 12.1 Å². The molecule has 1 atom stereocenters. The van der Waals surface area contributed by atoms with E-state index in [-0.39, 0.29) is 6.61 Å². The molecule has 3 aromatic rings. The minimum Gasteiger partial charge on any atom is -0.395 e. The third kappa shape index (κ3) is 2.71. The predicted molar refractivity (Wildman–Crippen MR) is 105 cm³/mol. The topological polar surface area (TPSA) is 57.4 Å². The number of fused-ring (bicyclic) bond motifs is 1. The van der Waals surface area contributed by atoms with Gasteiger partial charge in [-0.2, -0.15) is 5.10 Å². The first-order valence-corrected chi connectivity index (χ1v) is 10.0. The van der Waals surface area contributed by atoms with Crippen LogP contribution in [0.25, 0.3) is 21.3 Å². The number of likely N-dealkylation sites (tertiary alicyclic amines) is 1. The van der Waals surface area contributed by atoms with Crippen LogP contribution >= 0.6 is 11.3 Å². The first kappa shape index (κ1) is 16.2. The molecule has 26 heavy (non-hydrogen) atoms. The van der Waals surface area contributed by atoms with Crippen molar-refractivity contribution < 1.29 is 5.11 Å². The lowest BCUT2D eigenvalue weighted by atomic mass is 10.1. The fraction of sp³-hybridized carbons (Fsp3) is 0.474. The number of anilines is 1. The lowest BCUT2D eigenvalue weighted by molar-refractivity contribution is 0.103. The number of hydrogen-bond donors (Lipinski definition) is 1. The number of aliphatic hydroxyl groups is 1. The maximum Gasteiger partial charge on any atom is 0.186 e. The highest BCUT2D eigenvalue weighted by atomic mass is 32.1. The molecule has 136 valence electrons. The quantitative estimate of drug-likeness (QED) is 0.765. The molecule has 2 aromatic heterocycles. The van der Waals surface area contributed by atoms with Crippen LogP contribution < -0.4 is 4.90 Å². The molecule has 0 aliphatic carbocycles. The summed E-state index contributed by atoms with van der Waals surface area (Å²) in [6.07, 6.45) is 6.28. The molecule has 0 saturated carbocycles. The van der Waals surface area contributed by atoms with Crippen LogP contribution in [0.2, 0.25) is 0 Å². The number of hydrogen-bond acceptors (Lipinski definition) is 6. The molecule has 0 unspecified atom stereocenters. The van der Waals surface area contributed by atoms with Gasteiger partial charge in [0.1, 0.15) is 0 Å². The molecule has 7 heteroatoms. The lowest BCUT2D eigenvalue weighted by Crippen LogP contribution is -2.61. The van der Waals surface area contributed by atoms with Crippen LogP contribution in [-0.2, 0) is 7.05 Å². The molecule has 2 aliphatic heterocycles. The molecule has 4 heterocycles. The van der Waals surface area contributed by atoms with Crippen LogP contribution in [0.5, 0.6) is 0 Å². The van der Waals surface area contributed by atoms with E-state index in [0.717, 1.165) is 42.3 Å². The fourth-order valence-corrected chi connectivity index (χ4v) is 5.18. The third-order valence-electron chi connectivity index (χ3n) is 5.65. The smallest absolute Gasteiger partial charge is 0.186 e. The van der Waals surface area contributed by atoms with Crippen molar-refractivity contribution >= 4 is 26.7 Å². The Kier molecular flexibility index (Phi) is 3.95. The summed E-state index contributed by atoms with van der Waals surface area (Å²) < 4.78 is 3.05. The second-order valence-electron chi connectivity index (χ2n) is 7.36. The number of rotatable bonds is 4. The highest BCUT2D eigenvalue weighted by Gasteiger charge is 2.38. The zero-order valence-electron chi connectivity index (χ0n) is 14.9. The summed E-state index contributed by atoms with van der Waals surface area (Å²) in [5, 5.41) is 14.9. The Bertz CT molecular complexity index is 929. The summed E-state index contributed by atoms with van der Waals surface area (Å²) in [5.74, 6) is 0. The van der Waals surface area contributed by atoms with Gasteiger partial charge < -0.3 is 10.0 Å². The molecule has 0 radical (unpaired) electrons. The van der Waals surface area contributed by atoms with Crippen LogP contribution in [0.3, 0.4) is 0 Å². The Labute approximate surface area is 156 Å². The van der Waals surface area contributed by atoms with Gasteiger partial charge in [-0.15, -0.1) is 0 Å². The Balaban J connectivity index is 1.33. The van der Waals surface area contributed by atoms with Gasteiger partial charge in [-0.25, -0.2) is 4.98 Å². The molecule has 0 bridgehead atoms. The number of nitrogens with zero attached hydrogens (tertiary/aromatic N) is 5. The molecule has 1 N–H and O–H groups in total. The number of aliphatic hydroxyl groups excluding tert-OH is 1. The van der Waals surface area contributed by atoms with Crippen molar-refractivity contribution in [1.82, 2.24) is 19.7 Å². The predicted octanol–water partition coefficient (Wildman–Crippen LogP) is 2.34. The van der Waals surface area contributed by atoms with E-state index in [1.54, 1.807) is 11.3 Å². The summed E-state index contributed by atoms with van der Waals surface area (Å²) in [7, 11) is 1.94. The molecule has 6 nitrogen and oxygen atoms in total. The monoisotopic (exact) mass is 369 g/mol. The second-order valence-corrected chi connectivity index (χ2v) is 8.37. The largest absolute Gasteiger partial charge is 0.395 e. The average Bonchev–Trinajstić information content (AvgIpc) is 3.31. The Morgan fingerprint density at radius 2 is 2.15 bits per heavy atom. The lowest BCUT2D eigenvalue weighted by Gasteiger charge is -2.45. The summed E-state index contributed by atoms with van der Waals surface area (Å²) in [4.78, 5) is 9.69. The minimum absolute atomic E-state index is 0.286. The SMILES string of the molecule is Cn1cc(-c2ccc3nc(N4CC(N5CCC[C@H]5CO)C4)sc3c2)cn1. The average molecular weight is 369 g/mol. The van der Waals surface area contributed by atoms with Crippen LogP contribution in [0.4, 0.5) is 5.13 Å². The van der Waals surface area contributed by atoms with Crippen molar-refractivity contribution in [2.45, 2.75) is 24.9 Å². The van der Waals surface area contributed by atoms with E-state index < -0.39 is 0 Å². The van der Waals surface area contributed by atoms with Gasteiger partial charge in [-0.1, -0.05) is 17.4 Å². The van der Waals surface area contributed by atoms with Crippen molar-refractivity contribution in [2.75, 3.05) is 31.1 Å². The van der Waals surface area contributed by atoms with Crippen LogP contribution in [0, 0.1) is 0 Å². The van der Waals surface area contributed by atoms with Gasteiger partial charge in [0.05, 0.1) is 23.0 Å². The van der Waals surface area contributed by atoms with Crippen LogP contribution in [-0.4, -0.2) is 63.1 Å². The first-order valence-electron chi connectivity index (χ1n) is 9.22. The summed E-state index contributed by atoms with van der Waals surface area (Å²) in [6.45, 7) is 3.45. The van der Waals surface area contributed by atoms with Gasteiger partial charge in [0, 0.05) is 44.0 Å². The van der Waals surface area contributed by atoms with Gasteiger partial charge in [-0.05, 0) is 37.1 Å².